The molecule has 0 bridgehead atoms. The smallest absolute Gasteiger partial charge is 0.232 e. The first-order chi connectivity index (χ1) is 4.50. The van der Waals surface area contributed by atoms with Crippen molar-refractivity contribution in [2.24, 2.45) is 0 Å². The van der Waals surface area contributed by atoms with Crippen LogP contribution in [0.4, 0.5) is 0 Å². The summed E-state index contributed by atoms with van der Waals surface area (Å²) in [5.41, 5.74) is -0.0313. The van der Waals surface area contributed by atoms with Gasteiger partial charge in [0.15, 0.2) is 0 Å². The molecule has 0 saturated heterocycles. The summed E-state index contributed by atoms with van der Waals surface area (Å²) in [4.78, 5) is 4.09. The predicted octanol–water partition coefficient (Wildman–Crippen LogP) is 1.97. The van der Waals surface area contributed by atoms with Gasteiger partial charge in [0.1, 0.15) is 0 Å². The molecule has 0 fully saturated rings. The lowest BCUT2D eigenvalue weighted by Gasteiger charge is -2.10. The number of hydrogen-bond acceptors (Lipinski definition) is 3. The molecule has 1 aromatic rings. The standard InChI is InChI=1S/C6H9IN2O/c1-6(2,3)4-8-5(7)9-10-4/h1-3H3. The number of rotatable bonds is 0. The van der Waals surface area contributed by atoms with E-state index in [-0.39, 0.29) is 5.41 Å². The minimum absolute atomic E-state index is 0.0313. The lowest BCUT2D eigenvalue weighted by molar-refractivity contribution is 0.319. The molecule has 4 heteroatoms. The summed E-state index contributed by atoms with van der Waals surface area (Å²) < 4.78 is 5.63. The molecule has 10 heavy (non-hydrogen) atoms. The molecule has 1 aromatic heterocycles. The average molecular weight is 252 g/mol. The van der Waals surface area contributed by atoms with Gasteiger partial charge in [0.25, 0.3) is 0 Å². The second-order valence-electron chi connectivity index (χ2n) is 3.12. The molecule has 0 N–H and O–H groups in total. The minimum atomic E-state index is -0.0313. The van der Waals surface area contributed by atoms with Gasteiger partial charge in [-0.25, -0.2) is 0 Å². The van der Waals surface area contributed by atoms with Crippen LogP contribution in [-0.4, -0.2) is 10.1 Å². The lowest BCUT2D eigenvalue weighted by atomic mass is 9.97. The van der Waals surface area contributed by atoms with Crippen LogP contribution in [0.5, 0.6) is 0 Å². The van der Waals surface area contributed by atoms with Crippen molar-refractivity contribution in [1.82, 2.24) is 10.1 Å². The topological polar surface area (TPSA) is 38.9 Å². The highest BCUT2D eigenvalue weighted by Crippen LogP contribution is 2.19. The molecule has 0 unspecified atom stereocenters. The maximum atomic E-state index is 4.96. The van der Waals surface area contributed by atoms with Gasteiger partial charge in [0.2, 0.25) is 9.72 Å². The summed E-state index contributed by atoms with van der Waals surface area (Å²) in [7, 11) is 0. The van der Waals surface area contributed by atoms with Gasteiger partial charge in [-0.3, -0.25) is 0 Å². The Bertz CT molecular complexity index is 226. The Morgan fingerprint density at radius 2 is 2.00 bits per heavy atom. The molecule has 0 amide bonds. The highest BCUT2D eigenvalue weighted by Gasteiger charge is 2.20. The van der Waals surface area contributed by atoms with Crippen molar-refractivity contribution in [3.8, 4) is 0 Å². The number of aromatic nitrogens is 2. The molecule has 0 saturated carbocycles. The summed E-state index contributed by atoms with van der Waals surface area (Å²) in [5, 5.41) is 3.68. The van der Waals surface area contributed by atoms with Gasteiger partial charge in [-0.1, -0.05) is 25.9 Å². The zero-order chi connectivity index (χ0) is 7.78. The molecule has 3 nitrogen and oxygen atoms in total. The minimum Gasteiger partial charge on any atom is -0.338 e. The van der Waals surface area contributed by atoms with Gasteiger partial charge in [0.05, 0.1) is 0 Å². The Balaban J connectivity index is 2.96. The third-order valence-corrected chi connectivity index (χ3v) is 1.48. The van der Waals surface area contributed by atoms with Crippen LogP contribution in [0.25, 0.3) is 0 Å². The van der Waals surface area contributed by atoms with Crippen LogP contribution in [0.2, 0.25) is 0 Å². The number of halogens is 1. The van der Waals surface area contributed by atoms with E-state index >= 15 is 0 Å². The van der Waals surface area contributed by atoms with Crippen LogP contribution in [0.15, 0.2) is 4.52 Å². The van der Waals surface area contributed by atoms with Crippen LogP contribution in [0.1, 0.15) is 26.7 Å². The van der Waals surface area contributed by atoms with Crippen molar-refractivity contribution in [3.05, 3.63) is 9.72 Å². The Morgan fingerprint density at radius 3 is 2.20 bits per heavy atom. The molecular formula is C6H9IN2O. The van der Waals surface area contributed by atoms with Gasteiger partial charge >= 0.3 is 0 Å². The third kappa shape index (κ3) is 1.68. The monoisotopic (exact) mass is 252 g/mol. The highest BCUT2D eigenvalue weighted by atomic mass is 127. The summed E-state index contributed by atoms with van der Waals surface area (Å²) in [6, 6.07) is 0. The van der Waals surface area contributed by atoms with Crippen LogP contribution in [0.3, 0.4) is 0 Å². The molecule has 0 aromatic carbocycles. The average Bonchev–Trinajstić information content (AvgIpc) is 2.11. The van der Waals surface area contributed by atoms with Crippen LogP contribution in [-0.2, 0) is 5.41 Å². The fraction of sp³-hybridized carbons (Fsp3) is 0.667. The summed E-state index contributed by atoms with van der Waals surface area (Å²) in [5.74, 6) is 0.692. The van der Waals surface area contributed by atoms with E-state index in [1.165, 1.54) is 0 Å². The Labute approximate surface area is 73.3 Å². The van der Waals surface area contributed by atoms with Crippen molar-refractivity contribution >= 4 is 22.6 Å². The van der Waals surface area contributed by atoms with Crippen LogP contribution in [0, 0.1) is 3.83 Å². The first kappa shape index (κ1) is 7.97. The van der Waals surface area contributed by atoms with Crippen molar-refractivity contribution in [2.45, 2.75) is 26.2 Å². The fourth-order valence-corrected chi connectivity index (χ4v) is 0.828. The van der Waals surface area contributed by atoms with E-state index in [0.717, 1.165) is 0 Å². The van der Waals surface area contributed by atoms with Gasteiger partial charge in [0, 0.05) is 28.0 Å². The first-order valence-electron chi connectivity index (χ1n) is 3.00. The van der Waals surface area contributed by atoms with Crippen molar-refractivity contribution in [2.75, 3.05) is 0 Å². The Hall–Kier alpha value is -0.130. The van der Waals surface area contributed by atoms with Crippen molar-refractivity contribution in [1.29, 1.82) is 0 Å². The SMILES string of the molecule is CC(C)(C)c1nc(I)no1. The summed E-state index contributed by atoms with van der Waals surface area (Å²) in [6.07, 6.45) is 0. The Kier molecular flexibility index (Phi) is 1.98. The number of nitrogens with zero attached hydrogens (tertiary/aromatic N) is 2. The van der Waals surface area contributed by atoms with Gasteiger partial charge < -0.3 is 4.52 Å². The normalized spacial score (nSPS) is 12.0. The van der Waals surface area contributed by atoms with Crippen molar-refractivity contribution in [3.63, 3.8) is 0 Å². The molecule has 1 rings (SSSR count). The van der Waals surface area contributed by atoms with E-state index in [9.17, 15) is 0 Å². The van der Waals surface area contributed by atoms with E-state index in [4.69, 9.17) is 4.52 Å². The van der Waals surface area contributed by atoms with Gasteiger partial charge in [-0.2, -0.15) is 4.98 Å². The largest absolute Gasteiger partial charge is 0.338 e. The second-order valence-corrected chi connectivity index (χ2v) is 4.08. The highest BCUT2D eigenvalue weighted by molar-refractivity contribution is 14.1. The number of hydrogen-bond donors (Lipinski definition) is 0. The molecule has 0 atom stereocenters. The molecule has 0 aliphatic rings. The predicted molar refractivity (Wildman–Crippen MR) is 45.7 cm³/mol. The summed E-state index contributed by atoms with van der Waals surface area (Å²) >= 11 is 2.02. The lowest BCUT2D eigenvalue weighted by Crippen LogP contribution is -2.11. The molecule has 0 spiro atoms. The maximum Gasteiger partial charge on any atom is 0.232 e. The molecule has 0 aliphatic heterocycles. The molecule has 56 valence electrons. The van der Waals surface area contributed by atoms with Gasteiger partial charge in [-0.05, 0) is 0 Å². The van der Waals surface area contributed by atoms with Crippen LogP contribution >= 0.6 is 22.6 Å². The molecule has 0 radical (unpaired) electrons. The van der Waals surface area contributed by atoms with Crippen molar-refractivity contribution < 1.29 is 4.52 Å². The molecule has 0 aliphatic carbocycles. The van der Waals surface area contributed by atoms with E-state index in [0.29, 0.717) is 9.72 Å². The van der Waals surface area contributed by atoms with E-state index in [2.05, 4.69) is 10.1 Å². The fourth-order valence-electron chi connectivity index (χ4n) is 0.510. The zero-order valence-electron chi connectivity index (χ0n) is 6.18. The first-order valence-corrected chi connectivity index (χ1v) is 4.08. The Morgan fingerprint density at radius 1 is 1.40 bits per heavy atom. The quantitative estimate of drug-likeness (QED) is 0.662. The zero-order valence-corrected chi connectivity index (χ0v) is 8.34. The second kappa shape index (κ2) is 2.48. The summed E-state index contributed by atoms with van der Waals surface area (Å²) in [6.45, 7) is 6.11. The van der Waals surface area contributed by atoms with Gasteiger partial charge in [-0.15, -0.1) is 0 Å². The van der Waals surface area contributed by atoms with E-state index in [1.807, 2.05) is 43.4 Å². The van der Waals surface area contributed by atoms with E-state index in [1.54, 1.807) is 0 Å². The third-order valence-electron chi connectivity index (χ3n) is 1.04. The molecule has 1 heterocycles. The van der Waals surface area contributed by atoms with E-state index < -0.39 is 0 Å². The van der Waals surface area contributed by atoms with Crippen LogP contribution < -0.4 is 0 Å². The molecular weight excluding hydrogens is 243 g/mol. The maximum absolute atomic E-state index is 4.96.